The fourth-order valence-electron chi connectivity index (χ4n) is 2.82. The summed E-state index contributed by atoms with van der Waals surface area (Å²) in [4.78, 5) is 24.4. The molecule has 0 radical (unpaired) electrons. The van der Waals surface area contributed by atoms with Crippen LogP contribution in [0.15, 0.2) is 4.52 Å². The van der Waals surface area contributed by atoms with Crippen LogP contribution < -0.4 is 0 Å². The number of carbonyl (C=O) groups is 2. The number of likely N-dealkylation sites (tertiary alicyclic amines) is 1. The second kappa shape index (κ2) is 4.57. The van der Waals surface area contributed by atoms with Gasteiger partial charge in [-0.25, -0.2) is 9.18 Å². The maximum absolute atomic E-state index is 14.0. The smallest absolute Gasteiger partial charge is 0.343 e. The van der Waals surface area contributed by atoms with E-state index in [1.807, 2.05) is 0 Å². The number of fused-ring (bicyclic) bond motifs is 1. The van der Waals surface area contributed by atoms with Crippen LogP contribution in [0.1, 0.15) is 41.1 Å². The molecular formula is C13H15FN2O4. The van der Waals surface area contributed by atoms with Crippen molar-refractivity contribution in [2.45, 2.75) is 37.8 Å². The van der Waals surface area contributed by atoms with Crippen LogP contribution in [0.25, 0.3) is 0 Å². The Labute approximate surface area is 114 Å². The topological polar surface area (TPSA) is 83.6 Å². The average Bonchev–Trinajstić information content (AvgIpc) is 3.03. The van der Waals surface area contributed by atoms with Gasteiger partial charge in [-0.05, 0) is 19.3 Å². The summed E-state index contributed by atoms with van der Waals surface area (Å²) in [6.45, 7) is -0.341. The quantitative estimate of drug-likeness (QED) is 0.881. The number of aliphatic carboxylic acids is 1. The zero-order valence-corrected chi connectivity index (χ0v) is 10.9. The van der Waals surface area contributed by atoms with Crippen LogP contribution in [0, 0.1) is 0 Å². The number of alkyl halides is 1. The monoisotopic (exact) mass is 282 g/mol. The largest absolute Gasteiger partial charge is 0.479 e. The minimum atomic E-state index is -2.35. The molecule has 1 fully saturated rings. The van der Waals surface area contributed by atoms with Gasteiger partial charge in [-0.2, -0.15) is 0 Å². The second-order valence-corrected chi connectivity index (χ2v) is 5.39. The number of halogens is 1. The van der Waals surface area contributed by atoms with E-state index in [9.17, 15) is 14.0 Å². The summed E-state index contributed by atoms with van der Waals surface area (Å²) in [5, 5.41) is 12.6. The van der Waals surface area contributed by atoms with E-state index >= 15 is 0 Å². The highest BCUT2D eigenvalue weighted by molar-refractivity contribution is 5.95. The highest BCUT2D eigenvalue weighted by atomic mass is 19.1. The van der Waals surface area contributed by atoms with Gasteiger partial charge in [-0.1, -0.05) is 5.16 Å². The number of nitrogens with zero attached hydrogens (tertiary/aromatic N) is 2. The fourth-order valence-corrected chi connectivity index (χ4v) is 2.82. The van der Waals surface area contributed by atoms with Crippen molar-refractivity contribution in [3.63, 3.8) is 0 Å². The van der Waals surface area contributed by atoms with Crippen molar-refractivity contribution in [1.82, 2.24) is 10.1 Å². The molecule has 1 aromatic heterocycles. The van der Waals surface area contributed by atoms with Gasteiger partial charge in [0.15, 0.2) is 5.69 Å². The Bertz CT molecular complexity index is 571. The van der Waals surface area contributed by atoms with Gasteiger partial charge in [0.05, 0.1) is 6.54 Å². The Morgan fingerprint density at radius 3 is 2.80 bits per heavy atom. The number of carbonyl (C=O) groups excluding carboxylic acids is 1. The van der Waals surface area contributed by atoms with Crippen molar-refractivity contribution >= 4 is 11.9 Å². The van der Waals surface area contributed by atoms with Crippen molar-refractivity contribution in [2.24, 2.45) is 0 Å². The lowest BCUT2D eigenvalue weighted by atomic mass is 9.96. The second-order valence-electron chi connectivity index (χ2n) is 5.39. The van der Waals surface area contributed by atoms with Crippen molar-refractivity contribution in [3.8, 4) is 0 Å². The van der Waals surface area contributed by atoms with Crippen LogP contribution in [0.2, 0.25) is 0 Å². The van der Waals surface area contributed by atoms with Crippen molar-refractivity contribution in [2.75, 3.05) is 13.1 Å². The summed E-state index contributed by atoms with van der Waals surface area (Å²) in [7, 11) is 0. The Kier molecular flexibility index (Phi) is 2.99. The van der Waals surface area contributed by atoms with Gasteiger partial charge >= 0.3 is 5.97 Å². The zero-order valence-electron chi connectivity index (χ0n) is 10.9. The molecular weight excluding hydrogens is 267 g/mol. The van der Waals surface area contributed by atoms with Crippen LogP contribution in [-0.4, -0.2) is 45.8 Å². The lowest BCUT2D eigenvalue weighted by Gasteiger charge is -2.17. The first kappa shape index (κ1) is 13.1. The molecule has 6 nitrogen and oxygen atoms in total. The van der Waals surface area contributed by atoms with Gasteiger partial charge in [0, 0.05) is 24.9 Å². The van der Waals surface area contributed by atoms with Crippen LogP contribution in [0.3, 0.4) is 0 Å². The molecule has 0 bridgehead atoms. The predicted molar refractivity (Wildman–Crippen MR) is 65.1 cm³/mol. The predicted octanol–water partition coefficient (Wildman–Crippen LogP) is 1.19. The summed E-state index contributed by atoms with van der Waals surface area (Å²) in [6.07, 6.45) is 3.28. The molecule has 1 N–H and O–H groups in total. The third kappa shape index (κ3) is 1.97. The normalized spacial score (nSPS) is 25.6. The first-order valence-electron chi connectivity index (χ1n) is 6.70. The Hall–Kier alpha value is -1.92. The Morgan fingerprint density at radius 1 is 1.35 bits per heavy atom. The molecule has 2 heterocycles. The van der Waals surface area contributed by atoms with Gasteiger partial charge < -0.3 is 14.5 Å². The SMILES string of the molecule is O=C(c1noc2c1CCCC2)N1CCC(F)(C(=O)O)C1. The van der Waals surface area contributed by atoms with Crippen molar-refractivity contribution in [3.05, 3.63) is 17.0 Å². The summed E-state index contributed by atoms with van der Waals surface area (Å²) in [5.41, 5.74) is -1.33. The van der Waals surface area contributed by atoms with Crippen LogP contribution >= 0.6 is 0 Å². The summed E-state index contributed by atoms with van der Waals surface area (Å²) < 4.78 is 19.1. The summed E-state index contributed by atoms with van der Waals surface area (Å²) >= 11 is 0. The van der Waals surface area contributed by atoms with Crippen LogP contribution in [-0.2, 0) is 17.6 Å². The third-order valence-corrected chi connectivity index (χ3v) is 4.04. The van der Waals surface area contributed by atoms with E-state index in [0.717, 1.165) is 37.0 Å². The van der Waals surface area contributed by atoms with Gasteiger partial charge in [0.25, 0.3) is 5.91 Å². The van der Waals surface area contributed by atoms with Crippen molar-refractivity contribution in [1.29, 1.82) is 0 Å². The van der Waals surface area contributed by atoms with Gasteiger partial charge in [0.1, 0.15) is 5.76 Å². The van der Waals surface area contributed by atoms with E-state index in [2.05, 4.69) is 5.16 Å². The van der Waals surface area contributed by atoms with E-state index in [4.69, 9.17) is 9.63 Å². The zero-order chi connectivity index (χ0) is 14.3. The molecule has 1 atom stereocenters. The lowest BCUT2D eigenvalue weighted by Crippen LogP contribution is -2.39. The molecule has 0 saturated carbocycles. The molecule has 3 rings (SSSR count). The molecule has 1 unspecified atom stereocenters. The molecule has 1 aliphatic heterocycles. The van der Waals surface area contributed by atoms with Crippen molar-refractivity contribution < 1.29 is 23.6 Å². The molecule has 1 amide bonds. The van der Waals surface area contributed by atoms with Crippen LogP contribution in [0.5, 0.6) is 0 Å². The van der Waals surface area contributed by atoms with Crippen LogP contribution in [0.4, 0.5) is 4.39 Å². The first-order valence-corrected chi connectivity index (χ1v) is 6.70. The highest BCUT2D eigenvalue weighted by Crippen LogP contribution is 2.29. The number of aromatic nitrogens is 1. The van der Waals surface area contributed by atoms with E-state index < -0.39 is 24.1 Å². The van der Waals surface area contributed by atoms with Gasteiger partial charge in [0.2, 0.25) is 5.67 Å². The summed E-state index contributed by atoms with van der Waals surface area (Å²) in [6, 6.07) is 0. The van der Waals surface area contributed by atoms with E-state index in [-0.39, 0.29) is 18.7 Å². The van der Waals surface area contributed by atoms with E-state index in [1.165, 1.54) is 4.90 Å². The first-order chi connectivity index (χ1) is 9.51. The maximum atomic E-state index is 14.0. The maximum Gasteiger partial charge on any atom is 0.343 e. The fraction of sp³-hybridized carbons (Fsp3) is 0.615. The highest BCUT2D eigenvalue weighted by Gasteiger charge is 2.47. The van der Waals surface area contributed by atoms with E-state index in [1.54, 1.807) is 0 Å². The molecule has 1 aromatic rings. The average molecular weight is 282 g/mol. The third-order valence-electron chi connectivity index (χ3n) is 4.04. The Morgan fingerprint density at radius 2 is 2.10 bits per heavy atom. The van der Waals surface area contributed by atoms with Gasteiger partial charge in [-0.3, -0.25) is 4.79 Å². The number of rotatable bonds is 2. The number of amides is 1. The minimum Gasteiger partial charge on any atom is -0.479 e. The molecule has 20 heavy (non-hydrogen) atoms. The molecule has 7 heteroatoms. The number of carboxylic acid groups (broad SMARTS) is 1. The molecule has 1 aliphatic carbocycles. The Balaban J connectivity index is 1.81. The summed E-state index contributed by atoms with van der Waals surface area (Å²) in [5.74, 6) is -1.23. The van der Waals surface area contributed by atoms with Gasteiger partial charge in [-0.15, -0.1) is 0 Å². The minimum absolute atomic E-state index is 0.0866. The molecule has 0 aromatic carbocycles. The number of carboxylic acids is 1. The number of aryl methyl sites for hydroxylation is 1. The molecule has 2 aliphatic rings. The molecule has 108 valence electrons. The standard InChI is InChI=1S/C13H15FN2O4/c14-13(12(18)19)5-6-16(7-13)11(17)10-8-3-1-2-4-9(8)20-15-10/h1-7H2,(H,18,19). The van der Waals surface area contributed by atoms with E-state index in [0.29, 0.717) is 0 Å². The molecule has 0 spiro atoms. The lowest BCUT2D eigenvalue weighted by molar-refractivity contribution is -0.149. The number of hydrogen-bond donors (Lipinski definition) is 1. The molecule has 1 saturated heterocycles. The number of hydrogen-bond acceptors (Lipinski definition) is 4.